The summed E-state index contributed by atoms with van der Waals surface area (Å²) in [6.45, 7) is 6.92. The van der Waals surface area contributed by atoms with Gasteiger partial charge in [-0.15, -0.1) is 6.42 Å². The molecule has 0 saturated heterocycles. The summed E-state index contributed by atoms with van der Waals surface area (Å²) in [7, 11) is 0. The van der Waals surface area contributed by atoms with Crippen LogP contribution in [0.3, 0.4) is 0 Å². The highest BCUT2D eigenvalue weighted by molar-refractivity contribution is 5.33. The van der Waals surface area contributed by atoms with Crippen LogP contribution in [0.1, 0.15) is 42.5 Å². The van der Waals surface area contributed by atoms with Crippen molar-refractivity contribution in [3.8, 4) is 12.3 Å². The van der Waals surface area contributed by atoms with Crippen LogP contribution in [0, 0.1) is 26.2 Å². The topological polar surface area (TPSA) is 38.0 Å². The molecule has 0 radical (unpaired) electrons. The van der Waals surface area contributed by atoms with Gasteiger partial charge >= 0.3 is 0 Å². The van der Waals surface area contributed by atoms with E-state index in [0.29, 0.717) is 6.54 Å². The van der Waals surface area contributed by atoms with Gasteiger partial charge in [0.1, 0.15) is 0 Å². The molecule has 0 aromatic heterocycles. The third-order valence-corrected chi connectivity index (χ3v) is 3.23. The quantitative estimate of drug-likeness (QED) is 0.755. The lowest BCUT2D eigenvalue weighted by molar-refractivity contribution is 0.474. The second-order valence-electron chi connectivity index (χ2n) is 4.82. The van der Waals surface area contributed by atoms with Crippen molar-refractivity contribution in [1.82, 2.24) is 5.32 Å². The van der Waals surface area contributed by atoms with E-state index < -0.39 is 0 Å². The number of rotatable bonds is 6. The monoisotopic (exact) mass is 244 g/mol. The third-order valence-electron chi connectivity index (χ3n) is 3.23. The van der Waals surface area contributed by atoms with Crippen molar-refractivity contribution >= 4 is 0 Å². The van der Waals surface area contributed by atoms with Crippen molar-refractivity contribution < 1.29 is 0 Å². The normalized spacial score (nSPS) is 13.9. The van der Waals surface area contributed by atoms with Crippen LogP contribution >= 0.6 is 0 Å². The van der Waals surface area contributed by atoms with Crippen LogP contribution in [-0.4, -0.2) is 12.6 Å². The number of nitrogens with two attached hydrogens (primary N) is 1. The lowest BCUT2D eigenvalue weighted by Crippen LogP contribution is -2.36. The molecule has 0 spiro atoms. The van der Waals surface area contributed by atoms with Gasteiger partial charge in [-0.25, -0.2) is 0 Å². The van der Waals surface area contributed by atoms with Crippen molar-refractivity contribution in [2.24, 2.45) is 5.73 Å². The smallest absolute Gasteiger partial charge is 0.0692 e. The molecule has 0 fully saturated rings. The van der Waals surface area contributed by atoms with E-state index in [1.807, 2.05) is 0 Å². The maximum atomic E-state index is 5.89. The largest absolute Gasteiger partial charge is 0.329 e. The van der Waals surface area contributed by atoms with Gasteiger partial charge in [-0.2, -0.15) is 0 Å². The Balaban J connectivity index is 2.89. The van der Waals surface area contributed by atoms with Gasteiger partial charge in [-0.05, 0) is 31.4 Å². The number of hydrogen-bond donors (Lipinski definition) is 2. The Morgan fingerprint density at radius 1 is 1.39 bits per heavy atom. The molecule has 2 atom stereocenters. The van der Waals surface area contributed by atoms with Crippen molar-refractivity contribution in [1.29, 1.82) is 0 Å². The van der Waals surface area contributed by atoms with Crippen LogP contribution in [0.2, 0.25) is 0 Å². The molecule has 98 valence electrons. The number of hydrogen-bond acceptors (Lipinski definition) is 2. The maximum Gasteiger partial charge on any atom is 0.0692 e. The third kappa shape index (κ3) is 3.87. The molecule has 18 heavy (non-hydrogen) atoms. The summed E-state index contributed by atoms with van der Waals surface area (Å²) in [5.74, 6) is 2.80. The van der Waals surface area contributed by atoms with Crippen molar-refractivity contribution in [3.05, 3.63) is 34.9 Å². The van der Waals surface area contributed by atoms with Gasteiger partial charge in [-0.1, -0.05) is 43.0 Å². The van der Waals surface area contributed by atoms with E-state index >= 15 is 0 Å². The van der Waals surface area contributed by atoms with Crippen LogP contribution in [0.15, 0.2) is 18.2 Å². The molecule has 2 nitrogen and oxygen atoms in total. The second kappa shape index (κ2) is 7.20. The van der Waals surface area contributed by atoms with Gasteiger partial charge in [0, 0.05) is 12.6 Å². The number of aryl methyl sites for hydroxylation is 2. The summed E-state index contributed by atoms with van der Waals surface area (Å²) in [6, 6.07) is 6.69. The van der Waals surface area contributed by atoms with E-state index in [-0.39, 0.29) is 12.1 Å². The fourth-order valence-electron chi connectivity index (χ4n) is 2.17. The number of terminal acetylenes is 1. The summed E-state index contributed by atoms with van der Waals surface area (Å²) in [5, 5.41) is 3.48. The minimum absolute atomic E-state index is 0.100. The molecule has 0 aliphatic heterocycles. The molecular weight excluding hydrogens is 220 g/mol. The first-order valence-corrected chi connectivity index (χ1v) is 6.61. The van der Waals surface area contributed by atoms with Crippen LogP contribution in [0.5, 0.6) is 0 Å². The average molecular weight is 244 g/mol. The highest BCUT2D eigenvalue weighted by Gasteiger charge is 2.15. The number of nitrogens with one attached hydrogen (secondary N) is 1. The first kappa shape index (κ1) is 14.8. The molecule has 2 unspecified atom stereocenters. The fourth-order valence-corrected chi connectivity index (χ4v) is 2.17. The van der Waals surface area contributed by atoms with Crippen LogP contribution in [-0.2, 0) is 0 Å². The Labute approximate surface area is 111 Å². The van der Waals surface area contributed by atoms with E-state index in [0.717, 1.165) is 12.8 Å². The van der Waals surface area contributed by atoms with Crippen LogP contribution in [0.25, 0.3) is 0 Å². The van der Waals surface area contributed by atoms with Gasteiger partial charge in [0.2, 0.25) is 0 Å². The minimum atomic E-state index is 0.100. The van der Waals surface area contributed by atoms with E-state index in [9.17, 15) is 0 Å². The standard InChI is InChI=1S/C16H24N2/c1-5-7-14(6-2)18-16(11-17)15-10-12(3)8-9-13(15)4/h2,8-10,14,16,18H,5,7,11,17H2,1,3-4H3. The van der Waals surface area contributed by atoms with Gasteiger partial charge < -0.3 is 5.73 Å². The fraction of sp³-hybridized carbons (Fsp3) is 0.500. The summed E-state index contributed by atoms with van der Waals surface area (Å²) in [6.07, 6.45) is 7.61. The molecule has 0 aliphatic carbocycles. The Morgan fingerprint density at radius 2 is 2.11 bits per heavy atom. The Morgan fingerprint density at radius 3 is 2.67 bits per heavy atom. The van der Waals surface area contributed by atoms with Crippen LogP contribution < -0.4 is 11.1 Å². The van der Waals surface area contributed by atoms with Crippen LogP contribution in [0.4, 0.5) is 0 Å². The summed E-state index contributed by atoms with van der Waals surface area (Å²) in [5.41, 5.74) is 9.66. The number of benzene rings is 1. The first-order chi connectivity index (χ1) is 8.62. The highest BCUT2D eigenvalue weighted by atomic mass is 15.0. The summed E-state index contributed by atoms with van der Waals surface area (Å²) < 4.78 is 0. The highest BCUT2D eigenvalue weighted by Crippen LogP contribution is 2.19. The summed E-state index contributed by atoms with van der Waals surface area (Å²) in [4.78, 5) is 0. The molecule has 0 amide bonds. The molecule has 1 aromatic carbocycles. The van der Waals surface area contributed by atoms with Crippen molar-refractivity contribution in [3.63, 3.8) is 0 Å². The maximum absolute atomic E-state index is 5.89. The predicted octanol–water partition coefficient (Wildman–Crippen LogP) is 2.69. The SMILES string of the molecule is C#CC(CCC)NC(CN)c1cc(C)ccc1C. The molecule has 0 aliphatic rings. The molecule has 0 heterocycles. The summed E-state index contributed by atoms with van der Waals surface area (Å²) >= 11 is 0. The van der Waals surface area contributed by atoms with Gasteiger partial charge in [0.15, 0.2) is 0 Å². The van der Waals surface area contributed by atoms with E-state index in [4.69, 9.17) is 12.2 Å². The Kier molecular flexibility index (Phi) is 5.91. The van der Waals surface area contributed by atoms with Gasteiger partial charge in [0.05, 0.1) is 6.04 Å². The molecule has 0 bridgehead atoms. The van der Waals surface area contributed by atoms with E-state index in [1.54, 1.807) is 0 Å². The zero-order chi connectivity index (χ0) is 13.5. The molecular formula is C16H24N2. The molecule has 0 saturated carbocycles. The molecule has 1 rings (SSSR count). The van der Waals surface area contributed by atoms with Crippen molar-refractivity contribution in [2.75, 3.05) is 6.54 Å². The van der Waals surface area contributed by atoms with E-state index in [2.05, 4.69) is 50.2 Å². The van der Waals surface area contributed by atoms with Gasteiger partial charge in [-0.3, -0.25) is 5.32 Å². The lowest BCUT2D eigenvalue weighted by atomic mass is 9.98. The molecule has 2 heteroatoms. The zero-order valence-electron chi connectivity index (χ0n) is 11.7. The average Bonchev–Trinajstić information content (AvgIpc) is 2.37. The lowest BCUT2D eigenvalue weighted by Gasteiger charge is -2.23. The first-order valence-electron chi connectivity index (χ1n) is 6.61. The second-order valence-corrected chi connectivity index (χ2v) is 4.82. The Bertz CT molecular complexity index is 418. The minimum Gasteiger partial charge on any atom is -0.329 e. The molecule has 3 N–H and O–H groups in total. The predicted molar refractivity (Wildman–Crippen MR) is 78.4 cm³/mol. The van der Waals surface area contributed by atoms with Crippen molar-refractivity contribution in [2.45, 2.75) is 45.7 Å². The molecule has 1 aromatic rings. The van der Waals surface area contributed by atoms with E-state index in [1.165, 1.54) is 16.7 Å². The van der Waals surface area contributed by atoms with Gasteiger partial charge in [0.25, 0.3) is 0 Å². The zero-order valence-corrected chi connectivity index (χ0v) is 11.7. The Hall–Kier alpha value is -1.30.